The smallest absolute Gasteiger partial charge is 0.337 e. The van der Waals surface area contributed by atoms with E-state index in [2.05, 4.69) is 66.8 Å². The highest BCUT2D eigenvalue weighted by Crippen LogP contribution is 2.47. The number of aromatic nitrogens is 1. The van der Waals surface area contributed by atoms with Gasteiger partial charge in [-0.15, -0.1) is 0 Å². The van der Waals surface area contributed by atoms with Crippen LogP contribution in [0.4, 0.5) is 5.69 Å². The van der Waals surface area contributed by atoms with Crippen molar-refractivity contribution < 1.29 is 19.4 Å². The number of benzene rings is 2. The van der Waals surface area contributed by atoms with E-state index in [1.807, 2.05) is 32.9 Å². The number of hydrogen-bond acceptors (Lipinski definition) is 7. The Morgan fingerprint density at radius 2 is 1.81 bits per heavy atom. The molecule has 3 aromatic rings. The summed E-state index contributed by atoms with van der Waals surface area (Å²) in [5.41, 5.74) is 8.61. The molecule has 1 atom stereocenters. The molecule has 0 unspecified atom stereocenters. The number of fused-ring (bicyclic) bond motifs is 1. The topological polar surface area (TPSA) is 78.4 Å². The number of aliphatic carboxylic acids is 1. The van der Waals surface area contributed by atoms with Crippen LogP contribution in [0.3, 0.4) is 0 Å². The van der Waals surface area contributed by atoms with Crippen LogP contribution in [0.25, 0.3) is 11.1 Å². The van der Waals surface area contributed by atoms with E-state index in [-0.39, 0.29) is 10.6 Å². The fourth-order valence-corrected chi connectivity index (χ4v) is 8.76. The van der Waals surface area contributed by atoms with Gasteiger partial charge in [0.1, 0.15) is 5.15 Å². The van der Waals surface area contributed by atoms with Crippen LogP contribution in [0.2, 0.25) is 10.2 Å². The molecular weight excluding hydrogens is 707 g/mol. The average molecular weight is 766 g/mol. The van der Waals surface area contributed by atoms with Gasteiger partial charge in [0.15, 0.2) is 6.10 Å². The molecular formula is C43H58Cl2N4O4. The summed E-state index contributed by atoms with van der Waals surface area (Å²) in [6.45, 7) is 19.6. The Morgan fingerprint density at radius 1 is 1.09 bits per heavy atom. The monoisotopic (exact) mass is 764 g/mol. The minimum absolute atomic E-state index is 0.189. The number of halogens is 2. The van der Waals surface area contributed by atoms with Gasteiger partial charge in [-0.05, 0) is 112 Å². The van der Waals surface area contributed by atoms with Crippen molar-refractivity contribution in [1.29, 1.82) is 0 Å². The molecule has 4 heterocycles. The predicted octanol–water partition coefficient (Wildman–Crippen LogP) is 9.35. The largest absolute Gasteiger partial charge is 0.479 e. The average Bonchev–Trinajstić information content (AvgIpc) is 3.08. The first kappa shape index (κ1) is 40.0. The molecule has 1 N–H and O–H groups in total. The second-order valence-electron chi connectivity index (χ2n) is 17.3. The van der Waals surface area contributed by atoms with Crippen molar-refractivity contribution in [2.75, 3.05) is 51.3 Å². The maximum Gasteiger partial charge on any atom is 0.337 e. The number of rotatable bonds is 11. The highest BCUT2D eigenvalue weighted by molar-refractivity contribution is 6.31. The zero-order valence-electron chi connectivity index (χ0n) is 32.7. The number of carboxylic acids is 1. The second kappa shape index (κ2) is 16.6. The molecule has 288 valence electrons. The molecule has 0 saturated carbocycles. The minimum atomic E-state index is -1.29. The third kappa shape index (κ3) is 9.75. The molecule has 0 aliphatic carbocycles. The Bertz CT molecular complexity index is 1750. The summed E-state index contributed by atoms with van der Waals surface area (Å²) in [4.78, 5) is 25.4. The number of carbonyl (C=O) groups is 1. The van der Waals surface area contributed by atoms with E-state index in [1.165, 1.54) is 22.3 Å². The lowest BCUT2D eigenvalue weighted by atomic mass is 9.82. The van der Waals surface area contributed by atoms with Crippen molar-refractivity contribution in [2.24, 2.45) is 11.3 Å². The molecule has 0 spiro atoms. The van der Waals surface area contributed by atoms with E-state index in [1.54, 1.807) is 0 Å². The van der Waals surface area contributed by atoms with Crippen LogP contribution in [0.1, 0.15) is 99.9 Å². The van der Waals surface area contributed by atoms with Crippen molar-refractivity contribution in [3.05, 3.63) is 80.1 Å². The molecule has 3 aliphatic rings. The Morgan fingerprint density at radius 3 is 2.47 bits per heavy atom. The number of piperidine rings is 1. The first-order chi connectivity index (χ1) is 25.1. The van der Waals surface area contributed by atoms with Gasteiger partial charge in [-0.1, -0.05) is 67.4 Å². The summed E-state index contributed by atoms with van der Waals surface area (Å²) < 4.78 is 12.0. The van der Waals surface area contributed by atoms with E-state index in [9.17, 15) is 9.90 Å². The molecule has 8 nitrogen and oxygen atoms in total. The lowest BCUT2D eigenvalue weighted by molar-refractivity contribution is -0.160. The Kier molecular flexibility index (Phi) is 12.5. The predicted molar refractivity (Wildman–Crippen MR) is 215 cm³/mol. The maximum atomic E-state index is 13.1. The number of aryl methyl sites for hydroxylation is 1. The molecule has 0 radical (unpaired) electrons. The van der Waals surface area contributed by atoms with E-state index >= 15 is 0 Å². The quantitative estimate of drug-likeness (QED) is 0.194. The van der Waals surface area contributed by atoms with Gasteiger partial charge >= 0.3 is 5.97 Å². The lowest BCUT2D eigenvalue weighted by Crippen LogP contribution is -2.39. The first-order valence-electron chi connectivity index (χ1n) is 19.3. The van der Waals surface area contributed by atoms with Gasteiger partial charge in [0.25, 0.3) is 0 Å². The van der Waals surface area contributed by atoms with Crippen LogP contribution in [0.15, 0.2) is 36.4 Å². The fraction of sp³-hybridized carbons (Fsp3) is 0.581. The summed E-state index contributed by atoms with van der Waals surface area (Å²) in [6.07, 6.45) is 3.66. The van der Waals surface area contributed by atoms with Crippen molar-refractivity contribution in [2.45, 2.75) is 105 Å². The highest BCUT2D eigenvalue weighted by Gasteiger charge is 2.38. The summed E-state index contributed by atoms with van der Waals surface area (Å²) in [6, 6.07) is 12.9. The molecule has 6 rings (SSSR count). The number of ether oxygens (including phenoxy) is 2. The van der Waals surface area contributed by atoms with Crippen LogP contribution >= 0.6 is 23.2 Å². The third-order valence-electron chi connectivity index (χ3n) is 11.3. The standard InChI is InChI=1S/C43H58Cl2N4O4/c1-28-9-8-10-34(44)33(28)26-48-18-13-30-23-31(11-12-32(30)25-48)36-35(27-47(7)24-29-14-21-52-22-15-29)46-40(45)37(39(41(50)51)53-42(2,3)4)38(36)49-19-16-43(5,6)17-20-49/h8-12,23,29,39H,13-22,24-27H2,1-7H3,(H,50,51)/t39-/m0/s1. The van der Waals surface area contributed by atoms with E-state index in [4.69, 9.17) is 37.7 Å². The van der Waals surface area contributed by atoms with Gasteiger partial charge in [-0.3, -0.25) is 4.90 Å². The normalized spacial score (nSPS) is 19.0. The Balaban J connectivity index is 1.46. The van der Waals surface area contributed by atoms with Gasteiger partial charge in [0, 0.05) is 69.6 Å². The number of hydrogen-bond donors (Lipinski definition) is 1. The van der Waals surface area contributed by atoms with Crippen LogP contribution < -0.4 is 4.90 Å². The Hall–Kier alpha value is -2.72. The summed E-state index contributed by atoms with van der Waals surface area (Å²) in [5, 5.41) is 11.8. The molecule has 2 saturated heterocycles. The SMILES string of the molecule is Cc1cccc(Cl)c1CN1CCc2cc(-c3c(CN(C)CC4CCOCC4)nc(Cl)c([C@H](OC(C)(C)C)C(=O)O)c3N3CCC(C)(C)CC3)ccc2C1. The third-order valence-corrected chi connectivity index (χ3v) is 11.9. The van der Waals surface area contributed by atoms with Crippen molar-refractivity contribution >= 4 is 34.9 Å². The van der Waals surface area contributed by atoms with E-state index in [0.29, 0.717) is 18.0 Å². The molecule has 0 bridgehead atoms. The molecule has 1 aromatic heterocycles. The fourth-order valence-electron chi connectivity index (χ4n) is 8.19. The van der Waals surface area contributed by atoms with Gasteiger partial charge in [-0.25, -0.2) is 9.78 Å². The van der Waals surface area contributed by atoms with Gasteiger partial charge < -0.3 is 24.4 Å². The molecule has 2 aromatic carbocycles. The molecule has 10 heteroatoms. The number of pyridine rings is 1. The van der Waals surface area contributed by atoms with Gasteiger partial charge in [0.2, 0.25) is 0 Å². The number of nitrogens with zero attached hydrogens (tertiary/aromatic N) is 4. The minimum Gasteiger partial charge on any atom is -0.479 e. The van der Waals surface area contributed by atoms with Gasteiger partial charge in [0.05, 0.1) is 22.5 Å². The second-order valence-corrected chi connectivity index (χ2v) is 18.1. The van der Waals surface area contributed by atoms with Gasteiger partial charge in [-0.2, -0.15) is 0 Å². The highest BCUT2D eigenvalue weighted by atomic mass is 35.5. The summed E-state index contributed by atoms with van der Waals surface area (Å²) >= 11 is 13.8. The van der Waals surface area contributed by atoms with E-state index < -0.39 is 17.7 Å². The van der Waals surface area contributed by atoms with Crippen molar-refractivity contribution in [3.63, 3.8) is 0 Å². The molecule has 2 fully saturated rings. The zero-order chi connectivity index (χ0) is 38.1. The zero-order valence-corrected chi connectivity index (χ0v) is 34.2. The van der Waals surface area contributed by atoms with Crippen LogP contribution in [-0.4, -0.2) is 77.9 Å². The van der Waals surface area contributed by atoms with Crippen LogP contribution in [-0.2, 0) is 40.3 Å². The van der Waals surface area contributed by atoms with Crippen LogP contribution in [0.5, 0.6) is 0 Å². The van der Waals surface area contributed by atoms with Crippen molar-refractivity contribution in [3.8, 4) is 11.1 Å². The Labute approximate surface area is 326 Å². The van der Waals surface area contributed by atoms with E-state index in [0.717, 1.165) is 112 Å². The molecule has 53 heavy (non-hydrogen) atoms. The maximum absolute atomic E-state index is 13.1. The van der Waals surface area contributed by atoms with Crippen LogP contribution in [0, 0.1) is 18.3 Å². The number of anilines is 1. The van der Waals surface area contributed by atoms with Crippen molar-refractivity contribution in [1.82, 2.24) is 14.8 Å². The summed E-state index contributed by atoms with van der Waals surface area (Å²) in [5.74, 6) is -0.523. The lowest BCUT2D eigenvalue weighted by Gasteiger charge is -2.41. The number of carboxylic acid groups (broad SMARTS) is 1. The molecule has 0 amide bonds. The molecule has 3 aliphatic heterocycles. The summed E-state index contributed by atoms with van der Waals surface area (Å²) in [7, 11) is 2.15. The first-order valence-corrected chi connectivity index (χ1v) is 20.1.